The van der Waals surface area contributed by atoms with Gasteiger partial charge in [-0.3, -0.25) is 4.90 Å². The van der Waals surface area contributed by atoms with Crippen molar-refractivity contribution >= 4 is 16.7 Å². The topological polar surface area (TPSA) is 58.3 Å². The molecule has 2 aromatic heterocycles. The highest BCUT2D eigenvalue weighted by Crippen LogP contribution is 2.28. The van der Waals surface area contributed by atoms with E-state index >= 15 is 0 Å². The Labute approximate surface area is 169 Å². The van der Waals surface area contributed by atoms with Crippen LogP contribution in [0.3, 0.4) is 0 Å². The fourth-order valence-corrected chi connectivity index (χ4v) is 3.86. The van der Waals surface area contributed by atoms with Crippen molar-refractivity contribution in [3.63, 3.8) is 0 Å². The number of anilines is 1. The average Bonchev–Trinajstić information content (AvgIpc) is 3.18. The van der Waals surface area contributed by atoms with Gasteiger partial charge in [0.05, 0.1) is 11.2 Å². The molecular formula is C23H23N5O. The van der Waals surface area contributed by atoms with Crippen LogP contribution in [-0.4, -0.2) is 46.2 Å². The van der Waals surface area contributed by atoms with Crippen LogP contribution in [0.25, 0.3) is 22.3 Å². The molecule has 1 saturated heterocycles. The number of hydrogen-bond acceptors (Lipinski definition) is 6. The second kappa shape index (κ2) is 7.64. The number of para-hydroxylation sites is 1. The van der Waals surface area contributed by atoms with Crippen molar-refractivity contribution in [3.8, 4) is 11.4 Å². The Balaban J connectivity index is 1.41. The fourth-order valence-electron chi connectivity index (χ4n) is 3.86. The SMILES string of the molecule is Cc1cc(CN2CCN(c3nc(-c4ccccc4)nc4ccccc34)CC2)no1. The first-order valence-corrected chi connectivity index (χ1v) is 9.98. The maximum atomic E-state index is 5.20. The first kappa shape index (κ1) is 17.8. The molecule has 0 bridgehead atoms. The van der Waals surface area contributed by atoms with Gasteiger partial charge in [-0.1, -0.05) is 47.6 Å². The molecule has 0 saturated carbocycles. The van der Waals surface area contributed by atoms with Crippen LogP contribution in [0, 0.1) is 6.92 Å². The smallest absolute Gasteiger partial charge is 0.162 e. The van der Waals surface area contributed by atoms with Gasteiger partial charge in [-0.15, -0.1) is 0 Å². The predicted octanol–water partition coefficient (Wildman–Crippen LogP) is 3.92. The van der Waals surface area contributed by atoms with Gasteiger partial charge >= 0.3 is 0 Å². The van der Waals surface area contributed by atoms with Crippen LogP contribution in [0.15, 0.2) is 65.2 Å². The van der Waals surface area contributed by atoms with E-state index in [2.05, 4.69) is 45.3 Å². The Kier molecular flexibility index (Phi) is 4.69. The van der Waals surface area contributed by atoms with E-state index in [4.69, 9.17) is 14.5 Å². The normalized spacial score (nSPS) is 15.1. The Bertz CT molecular complexity index is 1120. The third kappa shape index (κ3) is 3.71. The van der Waals surface area contributed by atoms with E-state index < -0.39 is 0 Å². The van der Waals surface area contributed by atoms with Gasteiger partial charge in [0.2, 0.25) is 0 Å². The summed E-state index contributed by atoms with van der Waals surface area (Å²) in [5, 5.41) is 5.23. The van der Waals surface area contributed by atoms with E-state index in [9.17, 15) is 0 Å². The summed E-state index contributed by atoms with van der Waals surface area (Å²) in [6, 6.07) is 20.5. The Hall–Kier alpha value is -3.25. The van der Waals surface area contributed by atoms with Gasteiger partial charge in [0, 0.05) is 49.7 Å². The van der Waals surface area contributed by atoms with Gasteiger partial charge in [0.25, 0.3) is 0 Å². The quantitative estimate of drug-likeness (QED) is 0.531. The summed E-state index contributed by atoms with van der Waals surface area (Å²) < 4.78 is 5.20. The lowest BCUT2D eigenvalue weighted by Gasteiger charge is -2.35. The number of aromatic nitrogens is 3. The molecule has 0 radical (unpaired) electrons. The van der Waals surface area contributed by atoms with Crippen LogP contribution in [0.5, 0.6) is 0 Å². The minimum Gasteiger partial charge on any atom is -0.361 e. The van der Waals surface area contributed by atoms with Gasteiger partial charge in [-0.05, 0) is 19.1 Å². The van der Waals surface area contributed by atoms with Crippen LogP contribution in [0.4, 0.5) is 5.82 Å². The van der Waals surface area contributed by atoms with Gasteiger partial charge in [0.1, 0.15) is 11.6 Å². The average molecular weight is 385 g/mol. The molecule has 2 aromatic carbocycles. The summed E-state index contributed by atoms with van der Waals surface area (Å²) >= 11 is 0. The third-order valence-corrected chi connectivity index (χ3v) is 5.35. The molecule has 1 aliphatic heterocycles. The van der Waals surface area contributed by atoms with Crippen molar-refractivity contribution in [3.05, 3.63) is 72.1 Å². The van der Waals surface area contributed by atoms with E-state index in [-0.39, 0.29) is 0 Å². The lowest BCUT2D eigenvalue weighted by atomic mass is 10.1. The van der Waals surface area contributed by atoms with Crippen molar-refractivity contribution in [2.45, 2.75) is 13.5 Å². The summed E-state index contributed by atoms with van der Waals surface area (Å²) in [4.78, 5) is 14.6. The van der Waals surface area contributed by atoms with Gasteiger partial charge in [-0.2, -0.15) is 0 Å². The van der Waals surface area contributed by atoms with Crippen LogP contribution in [0.1, 0.15) is 11.5 Å². The van der Waals surface area contributed by atoms with E-state index in [1.54, 1.807) is 0 Å². The lowest BCUT2D eigenvalue weighted by molar-refractivity contribution is 0.241. The second-order valence-electron chi connectivity index (χ2n) is 7.45. The summed E-state index contributed by atoms with van der Waals surface area (Å²) in [5.41, 5.74) is 3.02. The summed E-state index contributed by atoms with van der Waals surface area (Å²) in [7, 11) is 0. The number of piperazine rings is 1. The standard InChI is InChI=1S/C23H23N5O/c1-17-15-19(26-29-17)16-27-11-13-28(14-12-27)23-20-9-5-6-10-21(20)24-22(25-23)18-7-3-2-4-8-18/h2-10,15H,11-14,16H2,1H3. The molecule has 146 valence electrons. The number of fused-ring (bicyclic) bond motifs is 1. The molecular weight excluding hydrogens is 362 g/mol. The number of benzene rings is 2. The number of nitrogens with zero attached hydrogens (tertiary/aromatic N) is 5. The highest BCUT2D eigenvalue weighted by molar-refractivity contribution is 5.91. The molecule has 0 unspecified atom stereocenters. The molecule has 0 aliphatic carbocycles. The third-order valence-electron chi connectivity index (χ3n) is 5.35. The molecule has 0 atom stereocenters. The van der Waals surface area contributed by atoms with Crippen LogP contribution >= 0.6 is 0 Å². The number of rotatable bonds is 4. The monoisotopic (exact) mass is 385 g/mol. The molecule has 29 heavy (non-hydrogen) atoms. The molecule has 1 aliphatic rings. The van der Waals surface area contributed by atoms with Gasteiger partial charge in [0.15, 0.2) is 5.82 Å². The molecule has 3 heterocycles. The largest absolute Gasteiger partial charge is 0.361 e. The summed E-state index contributed by atoms with van der Waals surface area (Å²) in [6.45, 7) is 6.53. The maximum absolute atomic E-state index is 5.20. The zero-order chi connectivity index (χ0) is 19.6. The molecule has 0 spiro atoms. The molecule has 4 aromatic rings. The van der Waals surface area contributed by atoms with Crippen molar-refractivity contribution in [2.24, 2.45) is 0 Å². The molecule has 6 heteroatoms. The fraction of sp³-hybridized carbons (Fsp3) is 0.261. The van der Waals surface area contributed by atoms with E-state index in [0.717, 1.165) is 72.3 Å². The van der Waals surface area contributed by atoms with Crippen molar-refractivity contribution in [1.29, 1.82) is 0 Å². The highest BCUT2D eigenvalue weighted by atomic mass is 16.5. The first-order chi connectivity index (χ1) is 14.3. The zero-order valence-corrected chi connectivity index (χ0v) is 16.5. The Morgan fingerprint density at radius 3 is 2.41 bits per heavy atom. The predicted molar refractivity (Wildman–Crippen MR) is 114 cm³/mol. The summed E-state index contributed by atoms with van der Waals surface area (Å²) in [5.74, 6) is 2.66. The zero-order valence-electron chi connectivity index (χ0n) is 16.5. The van der Waals surface area contributed by atoms with E-state index in [0.29, 0.717) is 0 Å². The molecule has 0 amide bonds. The van der Waals surface area contributed by atoms with Crippen LogP contribution in [-0.2, 0) is 6.54 Å². The van der Waals surface area contributed by atoms with Crippen LogP contribution in [0.2, 0.25) is 0 Å². The minimum atomic E-state index is 0.778. The number of aryl methyl sites for hydroxylation is 1. The van der Waals surface area contributed by atoms with Gasteiger partial charge < -0.3 is 9.42 Å². The Morgan fingerprint density at radius 2 is 1.66 bits per heavy atom. The van der Waals surface area contributed by atoms with Gasteiger partial charge in [-0.25, -0.2) is 9.97 Å². The highest BCUT2D eigenvalue weighted by Gasteiger charge is 2.22. The molecule has 5 rings (SSSR count). The summed E-state index contributed by atoms with van der Waals surface area (Å²) in [6.07, 6.45) is 0. The van der Waals surface area contributed by atoms with Crippen molar-refractivity contribution in [2.75, 3.05) is 31.1 Å². The Morgan fingerprint density at radius 1 is 0.897 bits per heavy atom. The maximum Gasteiger partial charge on any atom is 0.162 e. The lowest BCUT2D eigenvalue weighted by Crippen LogP contribution is -2.46. The van der Waals surface area contributed by atoms with E-state index in [1.165, 1.54) is 0 Å². The first-order valence-electron chi connectivity index (χ1n) is 9.98. The van der Waals surface area contributed by atoms with Crippen LogP contribution < -0.4 is 4.90 Å². The second-order valence-corrected chi connectivity index (χ2v) is 7.45. The molecule has 0 N–H and O–H groups in total. The molecule has 6 nitrogen and oxygen atoms in total. The van der Waals surface area contributed by atoms with Crippen molar-refractivity contribution in [1.82, 2.24) is 20.0 Å². The van der Waals surface area contributed by atoms with Crippen molar-refractivity contribution < 1.29 is 4.52 Å². The number of hydrogen-bond donors (Lipinski definition) is 0. The van der Waals surface area contributed by atoms with E-state index in [1.807, 2.05) is 37.3 Å². The molecule has 1 fully saturated rings. The minimum absolute atomic E-state index is 0.778.